The third-order valence-corrected chi connectivity index (χ3v) is 7.23. The highest BCUT2D eigenvalue weighted by Crippen LogP contribution is 2.42. The molecule has 5 rings (SSSR count). The Kier molecular flexibility index (Phi) is 6.43. The first-order valence-corrected chi connectivity index (χ1v) is 12.7. The van der Waals surface area contributed by atoms with Crippen LogP contribution >= 0.6 is 0 Å². The van der Waals surface area contributed by atoms with Crippen molar-refractivity contribution in [2.45, 2.75) is 70.7 Å². The zero-order chi connectivity index (χ0) is 26.3. The fourth-order valence-corrected chi connectivity index (χ4v) is 5.50. The normalized spacial score (nSPS) is 20.8. The molecule has 0 aliphatic carbocycles. The molecule has 37 heavy (non-hydrogen) atoms. The number of rotatable bonds is 4. The predicted molar refractivity (Wildman–Crippen MR) is 140 cm³/mol. The standard InChI is InChI=1S/C29H33N3O5/c1-29(2,3)37-28(35)32-20-9-10-21(32)15-25(23(14-20)17-6-11-22(36-4)12-7-17)27(34)31-19-8-5-18-16-30-26(33)24(18)13-19/h5-8,11-13,20-21H,9-10,14-16H2,1-4H3,(H,30,33)(H,31,34). The number of ether oxygens (including phenoxy) is 2. The molecule has 0 radical (unpaired) electrons. The summed E-state index contributed by atoms with van der Waals surface area (Å²) in [6, 6.07) is 12.9. The van der Waals surface area contributed by atoms with Crippen molar-refractivity contribution in [3.63, 3.8) is 0 Å². The fourth-order valence-electron chi connectivity index (χ4n) is 5.50. The van der Waals surface area contributed by atoms with Crippen LogP contribution in [0.2, 0.25) is 0 Å². The number of benzene rings is 2. The van der Waals surface area contributed by atoms with E-state index in [1.54, 1.807) is 13.2 Å². The summed E-state index contributed by atoms with van der Waals surface area (Å²) >= 11 is 0. The van der Waals surface area contributed by atoms with Crippen LogP contribution in [0, 0.1) is 0 Å². The number of anilines is 1. The molecule has 2 atom stereocenters. The van der Waals surface area contributed by atoms with Gasteiger partial charge in [-0.3, -0.25) is 9.59 Å². The highest BCUT2D eigenvalue weighted by atomic mass is 16.6. The maximum Gasteiger partial charge on any atom is 0.410 e. The maximum atomic E-state index is 13.8. The van der Waals surface area contributed by atoms with Crippen LogP contribution in [0.1, 0.15) is 67.9 Å². The van der Waals surface area contributed by atoms with Crippen molar-refractivity contribution in [1.29, 1.82) is 0 Å². The lowest BCUT2D eigenvalue weighted by molar-refractivity contribution is -0.113. The molecule has 8 heteroatoms. The van der Waals surface area contributed by atoms with Crippen LogP contribution in [0.15, 0.2) is 48.0 Å². The topological polar surface area (TPSA) is 97.0 Å². The molecule has 0 saturated carbocycles. The summed E-state index contributed by atoms with van der Waals surface area (Å²) < 4.78 is 11.1. The summed E-state index contributed by atoms with van der Waals surface area (Å²) in [5, 5.41) is 5.82. The lowest BCUT2D eigenvalue weighted by Crippen LogP contribution is -2.43. The van der Waals surface area contributed by atoms with Gasteiger partial charge in [0.1, 0.15) is 11.4 Å². The zero-order valence-electron chi connectivity index (χ0n) is 21.7. The molecule has 2 bridgehead atoms. The van der Waals surface area contributed by atoms with Crippen LogP contribution in [-0.2, 0) is 16.1 Å². The number of amides is 3. The first-order valence-electron chi connectivity index (χ1n) is 12.7. The van der Waals surface area contributed by atoms with E-state index < -0.39 is 5.60 Å². The summed E-state index contributed by atoms with van der Waals surface area (Å²) in [5.41, 5.74) is 3.96. The molecular formula is C29H33N3O5. The minimum atomic E-state index is -0.602. The second kappa shape index (κ2) is 9.57. The van der Waals surface area contributed by atoms with Gasteiger partial charge in [0.05, 0.1) is 7.11 Å². The van der Waals surface area contributed by atoms with Gasteiger partial charge in [-0.2, -0.15) is 0 Å². The van der Waals surface area contributed by atoms with Crippen LogP contribution in [-0.4, -0.2) is 47.6 Å². The number of carbonyl (C=O) groups excluding carboxylic acids is 3. The fraction of sp³-hybridized carbons (Fsp3) is 0.414. The smallest absolute Gasteiger partial charge is 0.410 e. The second-order valence-corrected chi connectivity index (χ2v) is 10.9. The molecule has 3 aliphatic heterocycles. The average Bonchev–Trinajstić information content (AvgIpc) is 3.36. The van der Waals surface area contributed by atoms with Crippen molar-refractivity contribution >= 4 is 29.2 Å². The molecule has 8 nitrogen and oxygen atoms in total. The Morgan fingerprint density at radius 3 is 2.41 bits per heavy atom. The van der Waals surface area contributed by atoms with Crippen molar-refractivity contribution in [2.24, 2.45) is 0 Å². The molecule has 3 amide bonds. The van der Waals surface area contributed by atoms with Gasteiger partial charge < -0.3 is 25.0 Å². The Morgan fingerprint density at radius 2 is 1.73 bits per heavy atom. The van der Waals surface area contributed by atoms with Crippen LogP contribution in [0.3, 0.4) is 0 Å². The number of nitrogens with one attached hydrogen (secondary N) is 2. The number of nitrogens with zero attached hydrogens (tertiary/aromatic N) is 1. The molecule has 3 heterocycles. The SMILES string of the molecule is COc1ccc(C2=C(C(=O)Nc3ccc4c(c3)C(=O)NC4)CC3CCC(C2)N3C(=O)OC(C)(C)C)cc1. The molecule has 1 fully saturated rings. The molecule has 0 spiro atoms. The number of hydrogen-bond donors (Lipinski definition) is 2. The van der Waals surface area contributed by atoms with Gasteiger partial charge in [0.15, 0.2) is 0 Å². The van der Waals surface area contributed by atoms with E-state index >= 15 is 0 Å². The van der Waals surface area contributed by atoms with Crippen LogP contribution in [0.25, 0.3) is 5.57 Å². The minimum absolute atomic E-state index is 0.0501. The van der Waals surface area contributed by atoms with Gasteiger partial charge in [0.25, 0.3) is 11.8 Å². The van der Waals surface area contributed by atoms with Crippen molar-refractivity contribution in [1.82, 2.24) is 10.2 Å². The van der Waals surface area contributed by atoms with E-state index in [1.807, 2.05) is 62.1 Å². The van der Waals surface area contributed by atoms with Gasteiger partial charge in [-0.25, -0.2) is 4.79 Å². The van der Waals surface area contributed by atoms with Gasteiger partial charge >= 0.3 is 6.09 Å². The van der Waals surface area contributed by atoms with Crippen molar-refractivity contribution in [3.05, 3.63) is 64.7 Å². The quantitative estimate of drug-likeness (QED) is 0.619. The Hall–Kier alpha value is -3.81. The molecular weight excluding hydrogens is 470 g/mol. The molecule has 2 aromatic carbocycles. The van der Waals surface area contributed by atoms with Gasteiger partial charge in [-0.15, -0.1) is 0 Å². The first kappa shape index (κ1) is 24.9. The summed E-state index contributed by atoms with van der Waals surface area (Å²) in [6.45, 7) is 6.09. The average molecular weight is 504 g/mol. The van der Waals surface area contributed by atoms with Gasteiger partial charge in [-0.1, -0.05) is 18.2 Å². The molecule has 0 aromatic heterocycles. The summed E-state index contributed by atoms with van der Waals surface area (Å²) in [4.78, 5) is 40.9. The van der Waals surface area contributed by atoms with E-state index in [0.717, 1.165) is 35.3 Å². The predicted octanol–water partition coefficient (Wildman–Crippen LogP) is 4.89. The number of carbonyl (C=O) groups is 3. The molecule has 194 valence electrons. The molecule has 3 aliphatic rings. The summed E-state index contributed by atoms with van der Waals surface area (Å²) in [7, 11) is 1.62. The zero-order valence-corrected chi connectivity index (χ0v) is 21.7. The Balaban J connectivity index is 1.49. The summed E-state index contributed by atoms with van der Waals surface area (Å²) in [5.74, 6) is 0.377. The van der Waals surface area contributed by atoms with Gasteiger partial charge in [0.2, 0.25) is 0 Å². The first-order chi connectivity index (χ1) is 17.6. The van der Waals surface area contributed by atoms with E-state index in [9.17, 15) is 14.4 Å². The highest BCUT2D eigenvalue weighted by Gasteiger charge is 2.43. The van der Waals surface area contributed by atoms with Crippen molar-refractivity contribution < 1.29 is 23.9 Å². The lowest BCUT2D eigenvalue weighted by atomic mass is 9.88. The second-order valence-electron chi connectivity index (χ2n) is 10.9. The Labute approximate surface area is 217 Å². The van der Waals surface area contributed by atoms with E-state index in [4.69, 9.17) is 9.47 Å². The third kappa shape index (κ3) is 5.05. The molecule has 2 aromatic rings. The third-order valence-electron chi connectivity index (χ3n) is 7.23. The summed E-state index contributed by atoms with van der Waals surface area (Å²) in [6.07, 6.45) is 2.32. The van der Waals surface area contributed by atoms with Gasteiger partial charge in [-0.05, 0) is 87.4 Å². The van der Waals surface area contributed by atoms with E-state index in [2.05, 4.69) is 10.6 Å². The Bertz CT molecular complexity index is 1280. The molecule has 2 N–H and O–H groups in total. The molecule has 2 unspecified atom stereocenters. The number of fused-ring (bicyclic) bond motifs is 3. The number of methoxy groups -OCH3 is 1. The van der Waals surface area contributed by atoms with Crippen LogP contribution < -0.4 is 15.4 Å². The van der Waals surface area contributed by atoms with E-state index in [1.165, 1.54) is 0 Å². The highest BCUT2D eigenvalue weighted by molar-refractivity contribution is 6.10. The van der Waals surface area contributed by atoms with E-state index in [-0.39, 0.29) is 30.0 Å². The van der Waals surface area contributed by atoms with Crippen LogP contribution in [0.4, 0.5) is 10.5 Å². The number of hydrogen-bond acceptors (Lipinski definition) is 5. The largest absolute Gasteiger partial charge is 0.497 e. The van der Waals surface area contributed by atoms with Crippen molar-refractivity contribution in [3.8, 4) is 5.75 Å². The lowest BCUT2D eigenvalue weighted by Gasteiger charge is -2.31. The van der Waals surface area contributed by atoms with Crippen LogP contribution in [0.5, 0.6) is 5.75 Å². The Morgan fingerprint density at radius 1 is 1.03 bits per heavy atom. The molecule has 1 saturated heterocycles. The van der Waals surface area contributed by atoms with Crippen molar-refractivity contribution in [2.75, 3.05) is 12.4 Å². The minimum Gasteiger partial charge on any atom is -0.497 e. The van der Waals surface area contributed by atoms with E-state index in [0.29, 0.717) is 36.2 Å². The monoisotopic (exact) mass is 503 g/mol. The van der Waals surface area contributed by atoms with Gasteiger partial charge in [0, 0.05) is 35.5 Å². The maximum absolute atomic E-state index is 13.8.